The van der Waals surface area contributed by atoms with Gasteiger partial charge >= 0.3 is 0 Å². The Bertz CT molecular complexity index is 554. The molecule has 0 bridgehead atoms. The molecule has 0 heterocycles. The monoisotopic (exact) mass is 277 g/mol. The van der Waals surface area contributed by atoms with Crippen LogP contribution < -0.4 is 5.32 Å². The SMILES string of the molecule is CC(=O)Nc1ccc(Sc2ccccc2Cl)cc1. The summed E-state index contributed by atoms with van der Waals surface area (Å²) < 4.78 is 0. The van der Waals surface area contributed by atoms with Crippen LogP contribution in [0.25, 0.3) is 0 Å². The summed E-state index contributed by atoms with van der Waals surface area (Å²) in [7, 11) is 0. The summed E-state index contributed by atoms with van der Waals surface area (Å²) in [5.74, 6) is -0.0680. The molecule has 0 saturated heterocycles. The van der Waals surface area contributed by atoms with Crippen LogP contribution >= 0.6 is 23.4 Å². The number of halogens is 1. The van der Waals surface area contributed by atoms with Gasteiger partial charge in [0.1, 0.15) is 0 Å². The number of carbonyl (C=O) groups excluding carboxylic acids is 1. The number of hydrogen-bond acceptors (Lipinski definition) is 2. The smallest absolute Gasteiger partial charge is 0.221 e. The van der Waals surface area contributed by atoms with Gasteiger partial charge in [0.25, 0.3) is 0 Å². The zero-order valence-electron chi connectivity index (χ0n) is 9.81. The van der Waals surface area contributed by atoms with Gasteiger partial charge in [0.15, 0.2) is 0 Å². The summed E-state index contributed by atoms with van der Waals surface area (Å²) in [5.41, 5.74) is 0.797. The van der Waals surface area contributed by atoms with Crippen LogP contribution in [0, 0.1) is 0 Å². The highest BCUT2D eigenvalue weighted by atomic mass is 35.5. The third kappa shape index (κ3) is 3.52. The fraction of sp³-hybridized carbons (Fsp3) is 0.0714. The van der Waals surface area contributed by atoms with Crippen LogP contribution in [0.5, 0.6) is 0 Å². The second kappa shape index (κ2) is 5.94. The van der Waals surface area contributed by atoms with Crippen molar-refractivity contribution in [3.63, 3.8) is 0 Å². The van der Waals surface area contributed by atoms with Gasteiger partial charge in [-0.05, 0) is 36.4 Å². The van der Waals surface area contributed by atoms with Gasteiger partial charge in [-0.2, -0.15) is 0 Å². The number of anilines is 1. The minimum absolute atomic E-state index is 0.0680. The molecule has 0 fully saturated rings. The van der Waals surface area contributed by atoms with E-state index in [0.717, 1.165) is 20.5 Å². The van der Waals surface area contributed by atoms with Crippen LogP contribution in [0.15, 0.2) is 58.3 Å². The Morgan fingerprint density at radius 1 is 1.11 bits per heavy atom. The minimum atomic E-state index is -0.0680. The summed E-state index contributed by atoms with van der Waals surface area (Å²) in [6.07, 6.45) is 0. The summed E-state index contributed by atoms with van der Waals surface area (Å²) in [5, 5.41) is 3.48. The number of amides is 1. The molecule has 0 aromatic heterocycles. The Balaban J connectivity index is 2.11. The quantitative estimate of drug-likeness (QED) is 0.898. The van der Waals surface area contributed by atoms with E-state index in [4.69, 9.17) is 11.6 Å². The normalized spacial score (nSPS) is 10.1. The molecule has 0 spiro atoms. The Hall–Kier alpha value is -1.45. The first-order chi connectivity index (χ1) is 8.65. The van der Waals surface area contributed by atoms with Crippen molar-refractivity contribution in [3.8, 4) is 0 Å². The first-order valence-corrected chi connectivity index (χ1v) is 6.64. The van der Waals surface area contributed by atoms with Crippen LogP contribution in [0.1, 0.15) is 6.92 Å². The molecular formula is C14H12ClNOS. The van der Waals surface area contributed by atoms with E-state index in [-0.39, 0.29) is 5.91 Å². The van der Waals surface area contributed by atoms with Crippen LogP contribution in [0.2, 0.25) is 5.02 Å². The van der Waals surface area contributed by atoms with Crippen molar-refractivity contribution in [3.05, 3.63) is 53.6 Å². The van der Waals surface area contributed by atoms with E-state index in [1.165, 1.54) is 6.92 Å². The fourth-order valence-corrected chi connectivity index (χ4v) is 2.55. The Labute approximate surface area is 115 Å². The topological polar surface area (TPSA) is 29.1 Å². The molecule has 4 heteroatoms. The summed E-state index contributed by atoms with van der Waals surface area (Å²) in [4.78, 5) is 13.0. The van der Waals surface area contributed by atoms with Crippen molar-refractivity contribution in [2.75, 3.05) is 5.32 Å². The molecule has 0 radical (unpaired) electrons. The van der Waals surface area contributed by atoms with Gasteiger partial charge in [-0.1, -0.05) is 35.5 Å². The molecule has 2 rings (SSSR count). The van der Waals surface area contributed by atoms with Gasteiger partial charge in [0, 0.05) is 22.4 Å². The summed E-state index contributed by atoms with van der Waals surface area (Å²) in [6, 6.07) is 15.4. The lowest BCUT2D eigenvalue weighted by molar-refractivity contribution is -0.114. The lowest BCUT2D eigenvalue weighted by atomic mass is 10.3. The van der Waals surface area contributed by atoms with Crippen molar-refractivity contribution < 1.29 is 4.79 Å². The highest BCUT2D eigenvalue weighted by molar-refractivity contribution is 7.99. The van der Waals surface area contributed by atoms with Crippen LogP contribution in [0.4, 0.5) is 5.69 Å². The molecule has 1 N–H and O–H groups in total. The van der Waals surface area contributed by atoms with E-state index in [0.29, 0.717) is 0 Å². The average Bonchev–Trinajstić information content (AvgIpc) is 2.34. The minimum Gasteiger partial charge on any atom is -0.326 e. The van der Waals surface area contributed by atoms with Gasteiger partial charge < -0.3 is 5.32 Å². The number of rotatable bonds is 3. The molecule has 0 unspecified atom stereocenters. The maximum atomic E-state index is 10.9. The largest absolute Gasteiger partial charge is 0.326 e. The second-order valence-electron chi connectivity index (χ2n) is 3.74. The molecule has 18 heavy (non-hydrogen) atoms. The highest BCUT2D eigenvalue weighted by Crippen LogP contribution is 2.33. The van der Waals surface area contributed by atoms with E-state index in [9.17, 15) is 4.79 Å². The van der Waals surface area contributed by atoms with Crippen LogP contribution in [-0.2, 0) is 4.79 Å². The van der Waals surface area contributed by atoms with Gasteiger partial charge in [-0.25, -0.2) is 0 Å². The molecule has 2 aromatic carbocycles. The third-order valence-electron chi connectivity index (χ3n) is 2.24. The van der Waals surface area contributed by atoms with Gasteiger partial charge in [-0.15, -0.1) is 0 Å². The molecule has 0 aliphatic carbocycles. The average molecular weight is 278 g/mol. The summed E-state index contributed by atoms with van der Waals surface area (Å²) >= 11 is 7.69. The maximum absolute atomic E-state index is 10.9. The molecule has 2 nitrogen and oxygen atoms in total. The van der Waals surface area contributed by atoms with Gasteiger partial charge in [0.2, 0.25) is 5.91 Å². The van der Waals surface area contributed by atoms with Crippen LogP contribution in [0.3, 0.4) is 0 Å². The number of nitrogens with one attached hydrogen (secondary N) is 1. The third-order valence-corrected chi connectivity index (χ3v) is 3.76. The molecular weight excluding hydrogens is 266 g/mol. The van der Waals surface area contributed by atoms with Crippen LogP contribution in [-0.4, -0.2) is 5.91 Å². The Morgan fingerprint density at radius 2 is 1.78 bits per heavy atom. The van der Waals surface area contributed by atoms with E-state index >= 15 is 0 Å². The lowest BCUT2D eigenvalue weighted by Gasteiger charge is -2.05. The second-order valence-corrected chi connectivity index (χ2v) is 5.26. The molecule has 0 atom stereocenters. The highest BCUT2D eigenvalue weighted by Gasteiger charge is 2.02. The van der Waals surface area contributed by atoms with Crippen molar-refractivity contribution in [1.82, 2.24) is 0 Å². The van der Waals surface area contributed by atoms with Gasteiger partial charge in [0.05, 0.1) is 5.02 Å². The fourth-order valence-electron chi connectivity index (χ4n) is 1.46. The zero-order valence-corrected chi connectivity index (χ0v) is 11.4. The zero-order chi connectivity index (χ0) is 13.0. The molecule has 0 saturated carbocycles. The van der Waals surface area contributed by atoms with E-state index in [2.05, 4.69) is 5.32 Å². The molecule has 2 aromatic rings. The molecule has 0 aliphatic rings. The Morgan fingerprint density at radius 3 is 2.39 bits per heavy atom. The summed E-state index contributed by atoms with van der Waals surface area (Å²) in [6.45, 7) is 1.49. The standard InChI is InChI=1S/C14H12ClNOS/c1-10(17)16-11-6-8-12(9-7-11)18-14-5-3-2-4-13(14)15/h2-9H,1H3,(H,16,17). The predicted octanol–water partition coefficient (Wildman–Crippen LogP) is 4.45. The van der Waals surface area contributed by atoms with Crippen molar-refractivity contribution in [2.24, 2.45) is 0 Å². The van der Waals surface area contributed by atoms with Crippen molar-refractivity contribution in [2.45, 2.75) is 16.7 Å². The van der Waals surface area contributed by atoms with Gasteiger partial charge in [-0.3, -0.25) is 4.79 Å². The number of hydrogen-bond donors (Lipinski definition) is 1. The number of carbonyl (C=O) groups is 1. The first kappa shape index (κ1) is 13.0. The van der Waals surface area contributed by atoms with Crippen molar-refractivity contribution >= 4 is 35.0 Å². The molecule has 1 amide bonds. The molecule has 0 aliphatic heterocycles. The first-order valence-electron chi connectivity index (χ1n) is 5.45. The Kier molecular flexibility index (Phi) is 4.28. The van der Waals surface area contributed by atoms with E-state index < -0.39 is 0 Å². The number of benzene rings is 2. The lowest BCUT2D eigenvalue weighted by Crippen LogP contribution is -2.05. The maximum Gasteiger partial charge on any atom is 0.221 e. The predicted molar refractivity (Wildman–Crippen MR) is 76.3 cm³/mol. The molecule has 92 valence electrons. The van der Waals surface area contributed by atoms with Crippen molar-refractivity contribution in [1.29, 1.82) is 0 Å². The van der Waals surface area contributed by atoms with E-state index in [1.807, 2.05) is 48.5 Å². The van der Waals surface area contributed by atoms with E-state index in [1.54, 1.807) is 11.8 Å².